The van der Waals surface area contributed by atoms with Crippen LogP contribution in [-0.4, -0.2) is 11.1 Å². The Balaban J connectivity index is 2.20. The fourth-order valence-electron chi connectivity index (χ4n) is 1.62. The number of benzene rings is 2. The molecule has 0 radical (unpaired) electrons. The Morgan fingerprint density at radius 1 is 1.16 bits per heavy atom. The van der Waals surface area contributed by atoms with Crippen LogP contribution in [0.2, 0.25) is 0 Å². The molecule has 3 nitrogen and oxygen atoms in total. The monoisotopic (exact) mass is 264 g/mol. The zero-order valence-electron chi connectivity index (χ0n) is 9.77. The number of hydrogen-bond donors (Lipinski definition) is 1. The lowest BCUT2D eigenvalue weighted by molar-refractivity contribution is 0.0686. The lowest BCUT2D eigenvalue weighted by Crippen LogP contribution is -2.06. The summed E-state index contributed by atoms with van der Waals surface area (Å²) in [5, 5.41) is 8.91. The third kappa shape index (κ3) is 3.07. The van der Waals surface area contributed by atoms with Gasteiger partial charge in [-0.25, -0.2) is 13.6 Å². The van der Waals surface area contributed by atoms with Crippen LogP contribution >= 0.6 is 0 Å². The molecule has 1 N–H and O–H groups in total. The number of aromatic carboxylic acids is 1. The van der Waals surface area contributed by atoms with E-state index in [1.165, 1.54) is 30.3 Å². The van der Waals surface area contributed by atoms with Gasteiger partial charge in [-0.1, -0.05) is 18.2 Å². The van der Waals surface area contributed by atoms with E-state index in [0.29, 0.717) is 5.56 Å². The molecule has 0 spiro atoms. The smallest absolute Gasteiger partial charge is 0.342 e. The molecule has 98 valence electrons. The molecule has 0 aromatic heterocycles. The van der Waals surface area contributed by atoms with Crippen molar-refractivity contribution in [3.63, 3.8) is 0 Å². The molecule has 0 aliphatic carbocycles. The molecule has 0 saturated heterocycles. The Bertz CT molecular complexity index is 611. The van der Waals surface area contributed by atoms with Crippen LogP contribution in [0.15, 0.2) is 42.5 Å². The van der Waals surface area contributed by atoms with E-state index in [1.54, 1.807) is 6.07 Å². The van der Waals surface area contributed by atoms with Crippen molar-refractivity contribution in [2.24, 2.45) is 0 Å². The van der Waals surface area contributed by atoms with E-state index in [9.17, 15) is 13.6 Å². The first kappa shape index (κ1) is 13.0. The Kier molecular flexibility index (Phi) is 3.75. The van der Waals surface area contributed by atoms with Gasteiger partial charge in [-0.05, 0) is 29.8 Å². The zero-order valence-corrected chi connectivity index (χ0v) is 9.77. The Labute approximate surface area is 108 Å². The van der Waals surface area contributed by atoms with Gasteiger partial charge in [0.05, 0.1) is 0 Å². The second-order valence-electron chi connectivity index (χ2n) is 3.84. The molecule has 0 aliphatic heterocycles. The summed E-state index contributed by atoms with van der Waals surface area (Å²) in [6, 6.07) is 9.43. The number of carboxylic acids is 1. The van der Waals surface area contributed by atoms with E-state index >= 15 is 0 Å². The first-order valence-corrected chi connectivity index (χ1v) is 5.47. The van der Waals surface area contributed by atoms with E-state index < -0.39 is 23.2 Å². The number of rotatable bonds is 4. The van der Waals surface area contributed by atoms with Gasteiger partial charge in [0.15, 0.2) is 0 Å². The molecule has 2 rings (SSSR count). The summed E-state index contributed by atoms with van der Waals surface area (Å²) < 4.78 is 31.6. The Hall–Kier alpha value is -2.43. The predicted octanol–water partition coefficient (Wildman–Crippen LogP) is 3.24. The van der Waals surface area contributed by atoms with E-state index in [0.717, 1.165) is 6.07 Å². The highest BCUT2D eigenvalue weighted by molar-refractivity contribution is 5.91. The molecule has 0 amide bonds. The second-order valence-corrected chi connectivity index (χ2v) is 3.84. The molecular formula is C14H10F2O3. The summed E-state index contributed by atoms with van der Waals surface area (Å²) in [5.41, 5.74) is -0.000460. The lowest BCUT2D eigenvalue weighted by atomic mass is 10.2. The van der Waals surface area contributed by atoms with E-state index in [-0.39, 0.29) is 12.4 Å². The molecule has 0 bridgehead atoms. The molecule has 0 fully saturated rings. The highest BCUT2D eigenvalue weighted by Crippen LogP contribution is 2.22. The molecule has 0 heterocycles. The molecule has 0 atom stereocenters. The number of halogens is 2. The average Bonchev–Trinajstić information content (AvgIpc) is 2.36. The van der Waals surface area contributed by atoms with Crippen molar-refractivity contribution in [3.05, 3.63) is 65.2 Å². The van der Waals surface area contributed by atoms with Crippen molar-refractivity contribution in [1.29, 1.82) is 0 Å². The van der Waals surface area contributed by atoms with Gasteiger partial charge in [0, 0.05) is 0 Å². The van der Waals surface area contributed by atoms with Gasteiger partial charge in [-0.3, -0.25) is 0 Å². The predicted molar refractivity (Wildman–Crippen MR) is 64.1 cm³/mol. The zero-order chi connectivity index (χ0) is 13.8. The largest absolute Gasteiger partial charge is 0.488 e. The maximum atomic E-state index is 13.4. The van der Waals surface area contributed by atoms with Gasteiger partial charge in [0.2, 0.25) is 0 Å². The highest BCUT2D eigenvalue weighted by atomic mass is 19.1. The van der Waals surface area contributed by atoms with Crippen LogP contribution in [-0.2, 0) is 6.61 Å². The lowest BCUT2D eigenvalue weighted by Gasteiger charge is -2.09. The molecule has 2 aromatic rings. The Morgan fingerprint density at radius 2 is 1.89 bits per heavy atom. The molecular weight excluding hydrogens is 254 g/mol. The summed E-state index contributed by atoms with van der Waals surface area (Å²) in [5.74, 6) is -2.79. The summed E-state index contributed by atoms with van der Waals surface area (Å²) in [6.07, 6.45) is 0. The Morgan fingerprint density at radius 3 is 2.58 bits per heavy atom. The van der Waals surface area contributed by atoms with Crippen molar-refractivity contribution < 1.29 is 23.4 Å². The number of hydrogen-bond acceptors (Lipinski definition) is 2. The van der Waals surface area contributed by atoms with Crippen molar-refractivity contribution in [2.45, 2.75) is 6.61 Å². The minimum Gasteiger partial charge on any atom is -0.488 e. The molecule has 5 heteroatoms. The van der Waals surface area contributed by atoms with Gasteiger partial charge in [0.25, 0.3) is 0 Å². The average molecular weight is 264 g/mol. The minimum atomic E-state index is -1.41. The second kappa shape index (κ2) is 5.48. The van der Waals surface area contributed by atoms with Crippen molar-refractivity contribution in [2.75, 3.05) is 0 Å². The fraction of sp³-hybridized carbons (Fsp3) is 0.0714. The summed E-state index contributed by atoms with van der Waals surface area (Å²) in [7, 11) is 0. The van der Waals surface area contributed by atoms with E-state index in [1.807, 2.05) is 0 Å². The van der Waals surface area contributed by atoms with Crippen LogP contribution in [0.5, 0.6) is 5.75 Å². The van der Waals surface area contributed by atoms with Crippen LogP contribution in [0, 0.1) is 11.6 Å². The summed E-state index contributed by atoms with van der Waals surface area (Å²) in [4.78, 5) is 10.9. The molecule has 2 aromatic carbocycles. The van der Waals surface area contributed by atoms with Gasteiger partial charge < -0.3 is 9.84 Å². The quantitative estimate of drug-likeness (QED) is 0.922. The number of carboxylic acid groups (broad SMARTS) is 1. The number of carbonyl (C=O) groups is 1. The maximum absolute atomic E-state index is 13.4. The van der Waals surface area contributed by atoms with Crippen LogP contribution in [0.3, 0.4) is 0 Å². The fourth-order valence-corrected chi connectivity index (χ4v) is 1.62. The topological polar surface area (TPSA) is 46.5 Å². The third-order valence-corrected chi connectivity index (χ3v) is 2.47. The number of ether oxygens (including phenoxy) is 1. The summed E-state index contributed by atoms with van der Waals surface area (Å²) in [6.45, 7) is -0.0402. The normalized spacial score (nSPS) is 10.2. The summed E-state index contributed by atoms with van der Waals surface area (Å²) >= 11 is 0. The molecule has 19 heavy (non-hydrogen) atoms. The van der Waals surface area contributed by atoms with Crippen molar-refractivity contribution in [1.82, 2.24) is 0 Å². The SMILES string of the molecule is O=C(O)c1c(F)cccc1OCc1cccc(F)c1. The van der Waals surface area contributed by atoms with Crippen molar-refractivity contribution in [3.8, 4) is 5.75 Å². The standard InChI is InChI=1S/C14H10F2O3/c15-10-4-1-3-9(7-10)8-19-12-6-2-5-11(16)13(12)14(17)18/h1-7H,8H2,(H,17,18). The van der Waals surface area contributed by atoms with Crippen LogP contribution in [0.1, 0.15) is 15.9 Å². The molecule has 0 saturated carbocycles. The first-order chi connectivity index (χ1) is 9.08. The third-order valence-electron chi connectivity index (χ3n) is 2.47. The van der Waals surface area contributed by atoms with E-state index in [2.05, 4.69) is 0 Å². The maximum Gasteiger partial charge on any atom is 0.342 e. The van der Waals surface area contributed by atoms with Gasteiger partial charge in [0.1, 0.15) is 29.6 Å². The first-order valence-electron chi connectivity index (χ1n) is 5.47. The van der Waals surface area contributed by atoms with Gasteiger partial charge in [-0.15, -0.1) is 0 Å². The van der Waals surface area contributed by atoms with Gasteiger partial charge in [-0.2, -0.15) is 0 Å². The minimum absolute atomic E-state index is 0.0402. The molecule has 0 aliphatic rings. The van der Waals surface area contributed by atoms with E-state index in [4.69, 9.17) is 9.84 Å². The molecule has 0 unspecified atom stereocenters. The van der Waals surface area contributed by atoms with Crippen LogP contribution in [0.25, 0.3) is 0 Å². The van der Waals surface area contributed by atoms with Gasteiger partial charge >= 0.3 is 5.97 Å². The van der Waals surface area contributed by atoms with Crippen LogP contribution < -0.4 is 4.74 Å². The highest BCUT2D eigenvalue weighted by Gasteiger charge is 2.16. The van der Waals surface area contributed by atoms with Crippen molar-refractivity contribution >= 4 is 5.97 Å². The van der Waals surface area contributed by atoms with Crippen LogP contribution in [0.4, 0.5) is 8.78 Å².